The van der Waals surface area contributed by atoms with Crippen LogP contribution in [0.4, 0.5) is 0 Å². The van der Waals surface area contributed by atoms with Crippen molar-refractivity contribution in [3.05, 3.63) is 24.3 Å². The Labute approximate surface area is 308 Å². The molecule has 3 rings (SSSR count). The zero-order valence-electron chi connectivity index (χ0n) is 32.9. The van der Waals surface area contributed by atoms with Crippen molar-refractivity contribution in [2.24, 2.45) is 28.8 Å². The van der Waals surface area contributed by atoms with Gasteiger partial charge in [-0.3, -0.25) is 9.59 Å². The van der Waals surface area contributed by atoms with Crippen molar-refractivity contribution < 1.29 is 58.2 Å². The van der Waals surface area contributed by atoms with E-state index in [1.54, 1.807) is 52.0 Å². The SMILES string of the molecule is CC[C@H]1OC(=O)[C@H](C)C(=O)[C@H](C)C(O[C@@H]2O[C@H](C)C[C@H](N(C)C)[C@@H]2O)[C@](C)(OC)C[C@@H](C)/C(=N\OCOc2ccccc2OC)[C@H](C)[C@@H](O)[C@]1(C)O. The maximum absolute atomic E-state index is 14.1. The third-order valence-electron chi connectivity index (χ3n) is 10.9. The van der Waals surface area contributed by atoms with Crippen LogP contribution in [-0.4, -0.2) is 127 Å². The molecule has 2 heterocycles. The third kappa shape index (κ3) is 9.82. The number of esters is 1. The van der Waals surface area contributed by atoms with Crippen molar-refractivity contribution in [2.75, 3.05) is 35.1 Å². The number of aliphatic hydroxyl groups excluding tert-OH is 2. The van der Waals surface area contributed by atoms with E-state index in [0.29, 0.717) is 23.6 Å². The van der Waals surface area contributed by atoms with Crippen molar-refractivity contribution in [3.8, 4) is 11.5 Å². The molecule has 13 atom stereocenters. The molecule has 0 saturated carbocycles. The van der Waals surface area contributed by atoms with Crippen molar-refractivity contribution in [2.45, 2.75) is 129 Å². The number of benzene rings is 1. The number of carbonyl (C=O) groups is 2. The maximum Gasteiger partial charge on any atom is 0.316 e. The van der Waals surface area contributed by atoms with E-state index in [4.69, 9.17) is 33.3 Å². The lowest BCUT2D eigenvalue weighted by Gasteiger charge is -2.47. The molecule has 296 valence electrons. The Balaban J connectivity index is 2.11. The molecular formula is C38H62N2O12. The molecule has 3 N–H and O–H groups in total. The van der Waals surface area contributed by atoms with Gasteiger partial charge in [0.25, 0.3) is 6.79 Å². The molecule has 2 aliphatic heterocycles. The quantitative estimate of drug-likeness (QED) is 0.105. The minimum atomic E-state index is -1.94. The molecule has 0 spiro atoms. The molecule has 0 bridgehead atoms. The van der Waals surface area contributed by atoms with Crippen molar-refractivity contribution >= 4 is 17.5 Å². The van der Waals surface area contributed by atoms with E-state index in [1.165, 1.54) is 28.1 Å². The fourth-order valence-corrected chi connectivity index (χ4v) is 7.54. The van der Waals surface area contributed by atoms with Gasteiger partial charge in [-0.15, -0.1) is 0 Å². The van der Waals surface area contributed by atoms with E-state index in [-0.39, 0.29) is 31.8 Å². The van der Waals surface area contributed by atoms with Crippen LogP contribution >= 0.6 is 0 Å². The number of oxime groups is 1. The number of cyclic esters (lactones) is 1. The number of ether oxygens (including phenoxy) is 6. The lowest BCUT2D eigenvalue weighted by molar-refractivity contribution is -0.295. The summed E-state index contributed by atoms with van der Waals surface area (Å²) in [4.78, 5) is 35.3. The zero-order valence-corrected chi connectivity index (χ0v) is 32.9. The van der Waals surface area contributed by atoms with Gasteiger partial charge >= 0.3 is 5.97 Å². The molecule has 0 amide bonds. The summed E-state index contributed by atoms with van der Waals surface area (Å²) in [7, 11) is 6.75. The molecule has 1 aromatic rings. The highest BCUT2D eigenvalue weighted by molar-refractivity contribution is 6.00. The average molecular weight is 739 g/mol. The minimum Gasteiger partial charge on any atom is -0.493 e. The van der Waals surface area contributed by atoms with Gasteiger partial charge in [-0.25, -0.2) is 0 Å². The van der Waals surface area contributed by atoms with Gasteiger partial charge in [0, 0.05) is 30.9 Å². The number of hydrogen-bond donors (Lipinski definition) is 3. The molecule has 52 heavy (non-hydrogen) atoms. The number of methoxy groups -OCH3 is 2. The second kappa shape index (κ2) is 18.5. The molecule has 2 saturated heterocycles. The Hall–Kier alpha value is -2.85. The van der Waals surface area contributed by atoms with Crippen LogP contribution in [0, 0.1) is 23.7 Å². The summed E-state index contributed by atoms with van der Waals surface area (Å²) < 4.78 is 35.8. The molecule has 1 aromatic carbocycles. The highest BCUT2D eigenvalue weighted by atomic mass is 16.7. The molecule has 0 aromatic heterocycles. The Morgan fingerprint density at radius 2 is 1.63 bits per heavy atom. The average Bonchev–Trinajstić information content (AvgIpc) is 3.11. The van der Waals surface area contributed by atoms with Gasteiger partial charge in [0.2, 0.25) is 0 Å². The van der Waals surface area contributed by atoms with E-state index >= 15 is 0 Å². The summed E-state index contributed by atoms with van der Waals surface area (Å²) in [6.45, 7) is 13.1. The van der Waals surface area contributed by atoms with Gasteiger partial charge in [-0.05, 0) is 73.2 Å². The summed E-state index contributed by atoms with van der Waals surface area (Å²) >= 11 is 0. The molecule has 0 radical (unpaired) electrons. The lowest BCUT2D eigenvalue weighted by Crippen LogP contribution is -2.60. The fraction of sp³-hybridized carbons (Fsp3) is 0.763. The van der Waals surface area contributed by atoms with Gasteiger partial charge in [-0.2, -0.15) is 0 Å². The zero-order chi connectivity index (χ0) is 39.1. The van der Waals surface area contributed by atoms with Gasteiger partial charge in [0.1, 0.15) is 23.7 Å². The second-order valence-corrected chi connectivity index (χ2v) is 15.0. The van der Waals surface area contributed by atoms with Crippen LogP contribution in [0.2, 0.25) is 0 Å². The van der Waals surface area contributed by atoms with Crippen LogP contribution in [0.1, 0.15) is 74.7 Å². The molecular weight excluding hydrogens is 676 g/mol. The number of ketones is 1. The molecule has 14 heteroatoms. The monoisotopic (exact) mass is 738 g/mol. The van der Waals surface area contributed by atoms with Crippen LogP contribution in [0.15, 0.2) is 29.4 Å². The van der Waals surface area contributed by atoms with Crippen molar-refractivity contribution in [3.63, 3.8) is 0 Å². The number of nitrogens with zero attached hydrogens (tertiary/aromatic N) is 2. The minimum absolute atomic E-state index is 0.153. The number of aliphatic hydroxyl groups is 3. The lowest BCUT2D eigenvalue weighted by atomic mass is 9.74. The van der Waals surface area contributed by atoms with Crippen LogP contribution in [0.3, 0.4) is 0 Å². The van der Waals surface area contributed by atoms with E-state index in [9.17, 15) is 24.9 Å². The van der Waals surface area contributed by atoms with Crippen LogP contribution < -0.4 is 9.47 Å². The number of likely N-dealkylation sites (N-methyl/N-ethyl adjacent to an activating group) is 1. The van der Waals surface area contributed by atoms with Crippen LogP contribution in [0.5, 0.6) is 11.5 Å². The number of rotatable bonds is 10. The predicted molar refractivity (Wildman–Crippen MR) is 193 cm³/mol. The van der Waals surface area contributed by atoms with Crippen LogP contribution in [-0.2, 0) is 33.4 Å². The second-order valence-electron chi connectivity index (χ2n) is 15.0. The molecule has 14 nitrogen and oxygen atoms in total. The molecule has 0 aliphatic carbocycles. The normalized spacial score (nSPS) is 39.2. The largest absolute Gasteiger partial charge is 0.493 e. The smallest absolute Gasteiger partial charge is 0.316 e. The number of hydrogen-bond acceptors (Lipinski definition) is 14. The summed E-state index contributed by atoms with van der Waals surface area (Å²) in [6, 6.07) is 6.77. The highest BCUT2D eigenvalue weighted by Gasteiger charge is 2.51. The molecule has 2 aliphatic rings. The summed E-state index contributed by atoms with van der Waals surface area (Å²) in [5.41, 5.74) is -2.85. The van der Waals surface area contributed by atoms with Crippen molar-refractivity contribution in [1.29, 1.82) is 0 Å². The van der Waals surface area contributed by atoms with Gasteiger partial charge < -0.3 is 53.5 Å². The first-order valence-corrected chi connectivity index (χ1v) is 18.1. The number of para-hydroxylation sites is 2. The predicted octanol–water partition coefficient (Wildman–Crippen LogP) is 3.57. The topological polar surface area (TPSA) is 175 Å². The molecule has 1 unspecified atom stereocenters. The number of Topliss-reactive ketones (excluding diaryl/α,β-unsaturated/α-hetero) is 1. The Kier molecular flexibility index (Phi) is 15.5. The fourth-order valence-electron chi connectivity index (χ4n) is 7.54. The first-order valence-electron chi connectivity index (χ1n) is 18.1. The van der Waals surface area contributed by atoms with Crippen LogP contribution in [0.25, 0.3) is 0 Å². The van der Waals surface area contributed by atoms with E-state index in [1.807, 2.05) is 32.8 Å². The Morgan fingerprint density at radius 3 is 2.21 bits per heavy atom. The van der Waals surface area contributed by atoms with Crippen molar-refractivity contribution in [1.82, 2.24) is 4.90 Å². The molecule has 2 fully saturated rings. The Bertz CT molecular complexity index is 1360. The number of carbonyl (C=O) groups excluding carboxylic acids is 2. The van der Waals surface area contributed by atoms with E-state index in [0.717, 1.165) is 0 Å². The van der Waals surface area contributed by atoms with Gasteiger partial charge in [-0.1, -0.05) is 45.0 Å². The Morgan fingerprint density at radius 1 is 1.00 bits per heavy atom. The first-order chi connectivity index (χ1) is 24.3. The summed E-state index contributed by atoms with van der Waals surface area (Å²) in [6.07, 6.45) is -5.24. The highest BCUT2D eigenvalue weighted by Crippen LogP contribution is 2.38. The first kappa shape index (κ1) is 43.6. The summed E-state index contributed by atoms with van der Waals surface area (Å²) in [5, 5.41) is 39.3. The summed E-state index contributed by atoms with van der Waals surface area (Å²) in [5.74, 6) is -3.96. The van der Waals surface area contributed by atoms with E-state index < -0.39 is 77.3 Å². The van der Waals surface area contributed by atoms with Gasteiger partial charge in [0.15, 0.2) is 23.6 Å². The van der Waals surface area contributed by atoms with Gasteiger partial charge in [0.05, 0.1) is 36.7 Å². The maximum atomic E-state index is 14.1. The standard InChI is InChI=1S/C38H62N2O12/c1-13-29-38(8,45)33(43)23(4)30(39-49-20-48-28-17-15-14-16-27(28)46-11)21(2)19-37(7,47-12)34(24(5)31(41)25(6)35(44)51-29)52-36-32(42)26(40(9)10)18-22(3)50-36/h14-17,21-26,29,32-34,36,42-43,45H,13,18-20H2,1-12H3/b39-30+/t21-,22-,23+,24+,25-,26+,29-,32+,33-,34?,36+,37-,38-/m1/s1. The van der Waals surface area contributed by atoms with E-state index in [2.05, 4.69) is 5.16 Å². The third-order valence-corrected chi connectivity index (χ3v) is 10.9.